The van der Waals surface area contributed by atoms with E-state index in [4.69, 9.17) is 5.73 Å². The molecule has 0 radical (unpaired) electrons. The highest BCUT2D eigenvalue weighted by atomic mass is 35.5. The van der Waals surface area contributed by atoms with Gasteiger partial charge < -0.3 is 16.2 Å². The summed E-state index contributed by atoms with van der Waals surface area (Å²) in [6.07, 6.45) is 1.32. The van der Waals surface area contributed by atoms with Crippen LogP contribution in [0.15, 0.2) is 18.2 Å². The van der Waals surface area contributed by atoms with Gasteiger partial charge in [0.15, 0.2) is 5.82 Å². The summed E-state index contributed by atoms with van der Waals surface area (Å²) in [5.41, 5.74) is 6.07. The van der Waals surface area contributed by atoms with Gasteiger partial charge in [0, 0.05) is 17.1 Å². The zero-order chi connectivity index (χ0) is 12.2. The fraction of sp³-hybridized carbons (Fsp3) is 0.538. The number of benzene rings is 1. The fourth-order valence-electron chi connectivity index (χ4n) is 3.32. The molecule has 2 saturated heterocycles. The van der Waals surface area contributed by atoms with Crippen LogP contribution in [0.5, 0.6) is 0 Å². The molecule has 1 unspecified atom stereocenters. The van der Waals surface area contributed by atoms with E-state index in [0.29, 0.717) is 11.5 Å². The summed E-state index contributed by atoms with van der Waals surface area (Å²) in [6, 6.07) is 4.75. The lowest BCUT2D eigenvalue weighted by molar-refractivity contribution is 0.118. The van der Waals surface area contributed by atoms with Crippen LogP contribution < -0.4 is 11.1 Å². The molecule has 4 N–H and O–H groups in total. The Balaban J connectivity index is 0.00000120. The van der Waals surface area contributed by atoms with Gasteiger partial charge >= 0.3 is 0 Å². The normalized spacial score (nSPS) is 34.6. The Morgan fingerprint density at radius 2 is 2.17 bits per heavy atom. The first kappa shape index (κ1) is 13.6. The molecule has 1 saturated carbocycles. The van der Waals surface area contributed by atoms with Crippen molar-refractivity contribution in [2.45, 2.75) is 37.5 Å². The number of nitrogen functional groups attached to an aromatic ring is 1. The van der Waals surface area contributed by atoms with E-state index in [1.165, 1.54) is 6.07 Å². The molecule has 0 aromatic heterocycles. The van der Waals surface area contributed by atoms with E-state index in [1.54, 1.807) is 12.1 Å². The van der Waals surface area contributed by atoms with Gasteiger partial charge in [0.2, 0.25) is 0 Å². The molecule has 18 heavy (non-hydrogen) atoms. The molecule has 3 fully saturated rings. The summed E-state index contributed by atoms with van der Waals surface area (Å²) in [4.78, 5) is 0. The number of nitrogens with two attached hydrogens (primary N) is 1. The van der Waals surface area contributed by atoms with Crippen molar-refractivity contribution in [1.29, 1.82) is 0 Å². The van der Waals surface area contributed by atoms with E-state index in [1.807, 2.05) is 0 Å². The lowest BCUT2D eigenvalue weighted by Crippen LogP contribution is -2.40. The number of nitrogens with one attached hydrogen (secondary N) is 1. The Kier molecular flexibility index (Phi) is 3.30. The minimum Gasteiger partial charge on any atom is -0.396 e. The van der Waals surface area contributed by atoms with Crippen LogP contribution in [0.2, 0.25) is 0 Å². The van der Waals surface area contributed by atoms with Crippen LogP contribution in [-0.2, 0) is 0 Å². The van der Waals surface area contributed by atoms with Crippen molar-refractivity contribution in [2.75, 3.05) is 5.73 Å². The standard InChI is InChI=1S/C13H17FN2O.ClH/c1-13-5-7(6-13)11(16-13)12(17)8-3-2-4-9(15)10(8)14;/h2-4,7,11-12,16-17H,5-6,15H2,1H3;1H/t7?,11-,12?,13?;/m1./s1. The number of hydrogen-bond acceptors (Lipinski definition) is 3. The summed E-state index contributed by atoms with van der Waals surface area (Å²) < 4.78 is 13.8. The lowest BCUT2D eigenvalue weighted by atomic mass is 9.72. The van der Waals surface area contributed by atoms with Crippen LogP contribution in [-0.4, -0.2) is 16.7 Å². The lowest BCUT2D eigenvalue weighted by Gasteiger charge is -2.33. The summed E-state index contributed by atoms with van der Waals surface area (Å²) >= 11 is 0. The molecular formula is C13H18ClFN2O. The molecule has 1 aliphatic carbocycles. The van der Waals surface area contributed by atoms with Gasteiger partial charge in [0.1, 0.15) is 0 Å². The Morgan fingerprint density at radius 1 is 1.50 bits per heavy atom. The first-order chi connectivity index (χ1) is 8.00. The zero-order valence-corrected chi connectivity index (χ0v) is 11.0. The van der Waals surface area contributed by atoms with Gasteiger partial charge in [-0.2, -0.15) is 0 Å². The van der Waals surface area contributed by atoms with Crippen LogP contribution in [0.25, 0.3) is 0 Å². The van der Waals surface area contributed by atoms with E-state index in [-0.39, 0.29) is 29.7 Å². The largest absolute Gasteiger partial charge is 0.396 e. The highest BCUT2D eigenvalue weighted by molar-refractivity contribution is 5.85. The zero-order valence-electron chi connectivity index (χ0n) is 10.2. The molecule has 0 spiro atoms. The molecule has 4 rings (SSSR count). The van der Waals surface area contributed by atoms with Gasteiger partial charge in [-0.25, -0.2) is 4.39 Å². The number of halogens is 2. The molecule has 1 aromatic carbocycles. The SMILES string of the molecule is CC12CC(C1)[C@H](C(O)c1cccc(N)c1F)N2.Cl. The number of aliphatic hydroxyl groups excluding tert-OH is 1. The van der Waals surface area contributed by atoms with Gasteiger partial charge in [0.25, 0.3) is 0 Å². The number of fused-ring (bicyclic) bond motifs is 1. The Bertz CT molecular complexity index is 462. The number of anilines is 1. The smallest absolute Gasteiger partial charge is 0.151 e. The molecule has 2 aliphatic heterocycles. The van der Waals surface area contributed by atoms with Gasteiger partial charge in [-0.3, -0.25) is 0 Å². The second kappa shape index (κ2) is 4.37. The molecule has 3 nitrogen and oxygen atoms in total. The second-order valence-corrected chi connectivity index (χ2v) is 5.59. The maximum absolute atomic E-state index is 13.8. The number of aliphatic hydroxyl groups is 1. The average Bonchev–Trinajstić information content (AvgIpc) is 2.74. The predicted molar refractivity (Wildman–Crippen MR) is 71.1 cm³/mol. The molecule has 5 heteroatoms. The third-order valence-corrected chi connectivity index (χ3v) is 4.17. The van der Waals surface area contributed by atoms with Crippen LogP contribution in [0, 0.1) is 11.7 Å². The average molecular weight is 273 g/mol. The van der Waals surface area contributed by atoms with E-state index in [2.05, 4.69) is 12.2 Å². The van der Waals surface area contributed by atoms with E-state index in [0.717, 1.165) is 12.8 Å². The molecule has 2 bridgehead atoms. The van der Waals surface area contributed by atoms with Gasteiger partial charge in [0.05, 0.1) is 11.8 Å². The molecule has 2 atom stereocenters. The Morgan fingerprint density at radius 3 is 2.72 bits per heavy atom. The van der Waals surface area contributed by atoms with E-state index >= 15 is 0 Å². The Hall–Kier alpha value is -0.840. The van der Waals surface area contributed by atoms with Crippen LogP contribution in [0.1, 0.15) is 31.4 Å². The van der Waals surface area contributed by atoms with Crippen molar-refractivity contribution in [3.05, 3.63) is 29.6 Å². The molecule has 0 amide bonds. The minimum atomic E-state index is -0.812. The van der Waals surface area contributed by atoms with Gasteiger partial charge in [-0.1, -0.05) is 12.1 Å². The first-order valence-electron chi connectivity index (χ1n) is 6.00. The summed E-state index contributed by atoms with van der Waals surface area (Å²) in [5, 5.41) is 13.7. The van der Waals surface area contributed by atoms with Crippen molar-refractivity contribution in [3.63, 3.8) is 0 Å². The highest BCUT2D eigenvalue weighted by Gasteiger charge is 2.54. The first-order valence-corrected chi connectivity index (χ1v) is 6.00. The van der Waals surface area contributed by atoms with Crippen molar-refractivity contribution < 1.29 is 9.50 Å². The molecular weight excluding hydrogens is 255 g/mol. The van der Waals surface area contributed by atoms with E-state index < -0.39 is 11.9 Å². The molecule has 3 aliphatic rings. The molecule has 1 aromatic rings. The topological polar surface area (TPSA) is 58.3 Å². The maximum Gasteiger partial charge on any atom is 0.151 e. The third-order valence-electron chi connectivity index (χ3n) is 4.17. The van der Waals surface area contributed by atoms with Crippen LogP contribution in [0.4, 0.5) is 10.1 Å². The second-order valence-electron chi connectivity index (χ2n) is 5.59. The van der Waals surface area contributed by atoms with Crippen LogP contribution >= 0.6 is 12.4 Å². The van der Waals surface area contributed by atoms with E-state index in [9.17, 15) is 9.50 Å². The van der Waals surface area contributed by atoms with Crippen molar-refractivity contribution >= 4 is 18.1 Å². The summed E-state index contributed by atoms with van der Waals surface area (Å²) in [5.74, 6) is -0.0353. The van der Waals surface area contributed by atoms with Crippen LogP contribution in [0.3, 0.4) is 0 Å². The molecule has 100 valence electrons. The minimum absolute atomic E-state index is 0. The maximum atomic E-state index is 13.8. The monoisotopic (exact) mass is 272 g/mol. The molecule has 2 heterocycles. The highest BCUT2D eigenvalue weighted by Crippen LogP contribution is 2.50. The van der Waals surface area contributed by atoms with Crippen molar-refractivity contribution in [2.24, 2.45) is 5.92 Å². The summed E-state index contributed by atoms with van der Waals surface area (Å²) in [6.45, 7) is 2.14. The fourth-order valence-corrected chi connectivity index (χ4v) is 3.32. The third kappa shape index (κ3) is 1.88. The van der Waals surface area contributed by atoms with Crippen molar-refractivity contribution in [1.82, 2.24) is 5.32 Å². The summed E-state index contributed by atoms with van der Waals surface area (Å²) in [7, 11) is 0. The number of hydrogen-bond donors (Lipinski definition) is 3. The number of rotatable bonds is 2. The van der Waals surface area contributed by atoms with Crippen molar-refractivity contribution in [3.8, 4) is 0 Å². The predicted octanol–water partition coefficient (Wildman–Crippen LogP) is 2.00. The van der Waals surface area contributed by atoms with Gasteiger partial charge in [-0.15, -0.1) is 12.4 Å². The van der Waals surface area contributed by atoms with Gasteiger partial charge in [-0.05, 0) is 31.7 Å². The Labute approximate surface area is 112 Å². The quantitative estimate of drug-likeness (QED) is 0.722.